The summed E-state index contributed by atoms with van der Waals surface area (Å²) in [5.41, 5.74) is 12.9. The number of hydrazine groups is 1. The summed E-state index contributed by atoms with van der Waals surface area (Å²) >= 11 is 1.46. The first-order valence-electron chi connectivity index (χ1n) is 6.38. The van der Waals surface area contributed by atoms with Crippen molar-refractivity contribution in [2.75, 3.05) is 0 Å². The number of nitrogens with zero attached hydrogens (tertiary/aromatic N) is 1. The SMILES string of the molecule is CC(=O)NNC(=O)Cc1csc(-c2ccccc2CN)n1. The smallest absolute Gasteiger partial charge is 0.244 e. The molecule has 0 saturated carbocycles. The van der Waals surface area contributed by atoms with Gasteiger partial charge in [0.15, 0.2) is 0 Å². The van der Waals surface area contributed by atoms with E-state index in [1.807, 2.05) is 29.6 Å². The van der Waals surface area contributed by atoms with Crippen LogP contribution in [0.25, 0.3) is 10.6 Å². The first-order chi connectivity index (χ1) is 10.1. The molecule has 0 unspecified atom stereocenters. The van der Waals surface area contributed by atoms with Gasteiger partial charge in [0.25, 0.3) is 0 Å². The van der Waals surface area contributed by atoms with E-state index in [-0.39, 0.29) is 18.2 Å². The summed E-state index contributed by atoms with van der Waals surface area (Å²) in [6.45, 7) is 1.76. The van der Waals surface area contributed by atoms with E-state index in [1.54, 1.807) is 0 Å². The average molecular weight is 304 g/mol. The van der Waals surface area contributed by atoms with E-state index in [4.69, 9.17) is 5.73 Å². The van der Waals surface area contributed by atoms with Crippen LogP contribution in [0.3, 0.4) is 0 Å². The molecule has 1 aromatic carbocycles. The molecule has 0 bridgehead atoms. The lowest BCUT2D eigenvalue weighted by atomic mass is 10.1. The maximum atomic E-state index is 11.6. The van der Waals surface area contributed by atoms with Crippen LogP contribution in [0.2, 0.25) is 0 Å². The van der Waals surface area contributed by atoms with Gasteiger partial charge in [-0.3, -0.25) is 20.4 Å². The lowest BCUT2D eigenvalue weighted by molar-refractivity contribution is -0.127. The average Bonchev–Trinajstić information content (AvgIpc) is 2.93. The summed E-state index contributed by atoms with van der Waals surface area (Å²) < 4.78 is 0. The van der Waals surface area contributed by atoms with Crippen LogP contribution in [-0.2, 0) is 22.6 Å². The van der Waals surface area contributed by atoms with Gasteiger partial charge in [0.05, 0.1) is 12.1 Å². The van der Waals surface area contributed by atoms with Gasteiger partial charge < -0.3 is 5.73 Å². The van der Waals surface area contributed by atoms with E-state index >= 15 is 0 Å². The monoisotopic (exact) mass is 304 g/mol. The van der Waals surface area contributed by atoms with Crippen LogP contribution in [-0.4, -0.2) is 16.8 Å². The highest BCUT2D eigenvalue weighted by molar-refractivity contribution is 7.13. The Morgan fingerprint density at radius 3 is 2.76 bits per heavy atom. The largest absolute Gasteiger partial charge is 0.326 e. The van der Waals surface area contributed by atoms with Gasteiger partial charge in [0.2, 0.25) is 11.8 Å². The molecule has 0 saturated heterocycles. The minimum Gasteiger partial charge on any atom is -0.326 e. The van der Waals surface area contributed by atoms with Crippen molar-refractivity contribution >= 4 is 23.2 Å². The van der Waals surface area contributed by atoms with E-state index in [0.717, 1.165) is 16.1 Å². The summed E-state index contributed by atoms with van der Waals surface area (Å²) in [7, 11) is 0. The van der Waals surface area contributed by atoms with Gasteiger partial charge in [-0.05, 0) is 5.56 Å². The number of hydrogen-bond acceptors (Lipinski definition) is 5. The van der Waals surface area contributed by atoms with Crippen LogP contribution in [0.1, 0.15) is 18.2 Å². The van der Waals surface area contributed by atoms with E-state index in [2.05, 4.69) is 15.8 Å². The standard InChI is InChI=1S/C14H16N4O2S/c1-9(19)17-18-13(20)6-11-8-21-14(16-11)12-5-3-2-4-10(12)7-15/h2-5,8H,6-7,15H2,1H3,(H,17,19)(H,18,20). The molecule has 21 heavy (non-hydrogen) atoms. The molecule has 0 aliphatic carbocycles. The predicted octanol–water partition coefficient (Wildman–Crippen LogP) is 0.979. The molecule has 0 aliphatic rings. The molecule has 0 spiro atoms. The summed E-state index contributed by atoms with van der Waals surface area (Å²) in [4.78, 5) is 26.8. The lowest BCUT2D eigenvalue weighted by Gasteiger charge is -2.04. The van der Waals surface area contributed by atoms with Crippen molar-refractivity contribution in [3.63, 3.8) is 0 Å². The zero-order valence-corrected chi connectivity index (χ0v) is 12.4. The topological polar surface area (TPSA) is 97.1 Å². The van der Waals surface area contributed by atoms with Crippen LogP contribution in [0.15, 0.2) is 29.6 Å². The number of rotatable bonds is 4. The summed E-state index contributed by atoms with van der Waals surface area (Å²) in [5, 5.41) is 2.66. The van der Waals surface area contributed by atoms with E-state index in [9.17, 15) is 9.59 Å². The fourth-order valence-electron chi connectivity index (χ4n) is 1.79. The summed E-state index contributed by atoms with van der Waals surface area (Å²) in [5.74, 6) is -0.631. The third-order valence-electron chi connectivity index (χ3n) is 2.74. The number of carbonyl (C=O) groups excluding carboxylic acids is 2. The van der Waals surface area contributed by atoms with E-state index in [1.165, 1.54) is 18.3 Å². The molecule has 2 aromatic rings. The van der Waals surface area contributed by atoms with Gasteiger partial charge in [0, 0.05) is 24.4 Å². The first kappa shape index (κ1) is 15.1. The van der Waals surface area contributed by atoms with Gasteiger partial charge in [-0.2, -0.15) is 0 Å². The van der Waals surface area contributed by atoms with Crippen molar-refractivity contribution in [3.8, 4) is 10.6 Å². The third kappa shape index (κ3) is 4.11. The van der Waals surface area contributed by atoms with Crippen LogP contribution >= 0.6 is 11.3 Å². The number of nitrogens with two attached hydrogens (primary N) is 1. The molecular formula is C14H16N4O2S. The highest BCUT2D eigenvalue weighted by atomic mass is 32.1. The molecule has 7 heteroatoms. The number of benzene rings is 1. The number of carbonyl (C=O) groups is 2. The van der Waals surface area contributed by atoms with Gasteiger partial charge in [0.1, 0.15) is 5.01 Å². The van der Waals surface area contributed by atoms with Crippen LogP contribution < -0.4 is 16.6 Å². The highest BCUT2D eigenvalue weighted by Gasteiger charge is 2.11. The molecule has 2 amide bonds. The second kappa shape index (κ2) is 6.96. The first-order valence-corrected chi connectivity index (χ1v) is 7.26. The Morgan fingerprint density at radius 2 is 2.05 bits per heavy atom. The minimum absolute atomic E-state index is 0.113. The molecule has 0 aliphatic heterocycles. The lowest BCUT2D eigenvalue weighted by Crippen LogP contribution is -2.41. The minimum atomic E-state index is -0.320. The van der Waals surface area contributed by atoms with Crippen molar-refractivity contribution in [1.29, 1.82) is 0 Å². The van der Waals surface area contributed by atoms with Gasteiger partial charge in [-0.25, -0.2) is 4.98 Å². The van der Waals surface area contributed by atoms with Crippen LogP contribution in [0.5, 0.6) is 0 Å². The molecule has 1 aromatic heterocycles. The second-order valence-electron chi connectivity index (χ2n) is 4.41. The summed E-state index contributed by atoms with van der Waals surface area (Å²) in [6, 6.07) is 7.78. The Hall–Kier alpha value is -2.25. The summed E-state index contributed by atoms with van der Waals surface area (Å²) in [6.07, 6.45) is 0.113. The molecule has 1 heterocycles. The van der Waals surface area contributed by atoms with Crippen LogP contribution in [0, 0.1) is 0 Å². The van der Waals surface area contributed by atoms with Crippen molar-refractivity contribution in [2.45, 2.75) is 19.9 Å². The van der Waals surface area contributed by atoms with Crippen molar-refractivity contribution in [2.24, 2.45) is 5.73 Å². The number of amides is 2. The molecule has 110 valence electrons. The van der Waals surface area contributed by atoms with Gasteiger partial charge >= 0.3 is 0 Å². The zero-order chi connectivity index (χ0) is 15.2. The normalized spacial score (nSPS) is 10.2. The van der Waals surface area contributed by atoms with Crippen LogP contribution in [0.4, 0.5) is 0 Å². The molecule has 2 rings (SSSR count). The van der Waals surface area contributed by atoms with E-state index in [0.29, 0.717) is 12.2 Å². The number of nitrogens with one attached hydrogen (secondary N) is 2. The molecule has 0 fully saturated rings. The Labute approximate surface area is 126 Å². The molecule has 0 atom stereocenters. The predicted molar refractivity (Wildman–Crippen MR) is 81.1 cm³/mol. The Bertz CT molecular complexity index is 654. The number of thiazole rings is 1. The molecule has 0 radical (unpaired) electrons. The zero-order valence-electron chi connectivity index (χ0n) is 11.6. The van der Waals surface area contributed by atoms with E-state index < -0.39 is 0 Å². The molecular weight excluding hydrogens is 288 g/mol. The Kier molecular flexibility index (Phi) is 5.02. The quantitative estimate of drug-likeness (QED) is 0.733. The number of hydrogen-bond donors (Lipinski definition) is 3. The van der Waals surface area contributed by atoms with Crippen molar-refractivity contribution in [1.82, 2.24) is 15.8 Å². The molecule has 4 N–H and O–H groups in total. The molecule has 6 nitrogen and oxygen atoms in total. The Balaban J connectivity index is 2.08. The third-order valence-corrected chi connectivity index (χ3v) is 3.66. The maximum absolute atomic E-state index is 11.6. The van der Waals surface area contributed by atoms with Gasteiger partial charge in [-0.15, -0.1) is 11.3 Å². The highest BCUT2D eigenvalue weighted by Crippen LogP contribution is 2.26. The maximum Gasteiger partial charge on any atom is 0.244 e. The van der Waals surface area contributed by atoms with Gasteiger partial charge in [-0.1, -0.05) is 24.3 Å². The van der Waals surface area contributed by atoms with Crippen molar-refractivity contribution in [3.05, 3.63) is 40.9 Å². The fourth-order valence-corrected chi connectivity index (χ4v) is 2.67. The van der Waals surface area contributed by atoms with Crippen molar-refractivity contribution < 1.29 is 9.59 Å². The Morgan fingerprint density at radius 1 is 1.29 bits per heavy atom. The fraction of sp³-hybridized carbons (Fsp3) is 0.214. The second-order valence-corrected chi connectivity index (χ2v) is 5.27. The number of aromatic nitrogens is 1.